The number of H-pyrrole nitrogens is 1. The molecule has 0 atom stereocenters. The van der Waals surface area contributed by atoms with Crippen molar-refractivity contribution in [1.29, 1.82) is 0 Å². The summed E-state index contributed by atoms with van der Waals surface area (Å²) >= 11 is 0. The highest BCUT2D eigenvalue weighted by Gasteiger charge is 2.19. The number of hydrogen-bond donors (Lipinski definition) is 2. The van der Waals surface area contributed by atoms with Crippen LogP contribution >= 0.6 is 0 Å². The van der Waals surface area contributed by atoms with E-state index < -0.39 is 0 Å². The van der Waals surface area contributed by atoms with E-state index in [1.165, 1.54) is 0 Å². The number of rotatable bonds is 4. The van der Waals surface area contributed by atoms with E-state index in [-0.39, 0.29) is 0 Å². The van der Waals surface area contributed by atoms with E-state index in [2.05, 4.69) is 20.1 Å². The van der Waals surface area contributed by atoms with Gasteiger partial charge in [-0.15, -0.1) is 5.10 Å². The van der Waals surface area contributed by atoms with Crippen molar-refractivity contribution in [3.63, 3.8) is 0 Å². The Labute approximate surface area is 124 Å². The lowest BCUT2D eigenvalue weighted by Gasteiger charge is -2.28. The first-order valence-electron chi connectivity index (χ1n) is 7.42. The van der Waals surface area contributed by atoms with Gasteiger partial charge >= 0.3 is 0 Å². The lowest BCUT2D eigenvalue weighted by molar-refractivity contribution is 0.340. The molecule has 21 heavy (non-hydrogen) atoms. The Hall–Kier alpha value is -2.08. The van der Waals surface area contributed by atoms with Crippen molar-refractivity contribution >= 4 is 5.95 Å². The van der Waals surface area contributed by atoms with Gasteiger partial charge in [-0.25, -0.2) is 0 Å². The molecule has 6 nitrogen and oxygen atoms in total. The molecule has 1 aromatic carbocycles. The summed E-state index contributed by atoms with van der Waals surface area (Å²) in [7, 11) is 0. The molecule has 1 aliphatic heterocycles. The number of nitrogens with two attached hydrogens (primary N) is 1. The molecular weight excluding hydrogens is 266 g/mol. The van der Waals surface area contributed by atoms with Crippen LogP contribution in [0.15, 0.2) is 24.3 Å². The number of ether oxygens (including phenoxy) is 1. The fourth-order valence-corrected chi connectivity index (χ4v) is 2.50. The summed E-state index contributed by atoms with van der Waals surface area (Å²) in [5.41, 5.74) is 6.93. The minimum atomic E-state index is 0.311. The Morgan fingerprint density at radius 3 is 2.67 bits per heavy atom. The molecule has 0 bridgehead atoms. The first-order chi connectivity index (χ1) is 10.3. The topological polar surface area (TPSA) is 80.1 Å². The number of nitrogens with one attached hydrogen (secondary N) is 1. The normalized spacial score (nSPS) is 16.2. The van der Waals surface area contributed by atoms with Crippen LogP contribution in [0.25, 0.3) is 11.4 Å². The summed E-state index contributed by atoms with van der Waals surface area (Å²) in [6.07, 6.45) is 1.99. The van der Waals surface area contributed by atoms with E-state index in [9.17, 15) is 0 Å². The average molecular weight is 287 g/mol. The van der Waals surface area contributed by atoms with E-state index in [0.717, 1.165) is 49.0 Å². The van der Waals surface area contributed by atoms with E-state index in [0.29, 0.717) is 12.6 Å². The Morgan fingerprint density at radius 2 is 2.00 bits per heavy atom. The van der Waals surface area contributed by atoms with Gasteiger partial charge in [0.05, 0.1) is 6.61 Å². The zero-order valence-corrected chi connectivity index (χ0v) is 12.2. The van der Waals surface area contributed by atoms with Crippen LogP contribution in [0.5, 0.6) is 5.75 Å². The summed E-state index contributed by atoms with van der Waals surface area (Å²) < 4.78 is 5.44. The molecule has 2 heterocycles. The Kier molecular flexibility index (Phi) is 4.06. The van der Waals surface area contributed by atoms with Gasteiger partial charge < -0.3 is 15.4 Å². The van der Waals surface area contributed by atoms with Gasteiger partial charge in [0.15, 0.2) is 5.82 Å². The molecule has 1 aromatic heterocycles. The fourth-order valence-electron chi connectivity index (χ4n) is 2.50. The molecule has 2 aromatic rings. The molecule has 1 fully saturated rings. The van der Waals surface area contributed by atoms with Crippen LogP contribution in [-0.4, -0.2) is 40.9 Å². The molecule has 6 heteroatoms. The summed E-state index contributed by atoms with van der Waals surface area (Å²) in [6, 6.07) is 8.18. The summed E-state index contributed by atoms with van der Waals surface area (Å²) in [6.45, 7) is 4.48. The molecule has 0 aliphatic carbocycles. The fraction of sp³-hybridized carbons (Fsp3) is 0.467. The SMILES string of the molecule is CCOc1ccc(-c2nc(N3CCC(N)CC3)n[nH]2)cc1. The van der Waals surface area contributed by atoms with Gasteiger partial charge in [-0.1, -0.05) is 0 Å². The van der Waals surface area contributed by atoms with Crippen LogP contribution in [0, 0.1) is 0 Å². The summed E-state index contributed by atoms with van der Waals surface area (Å²) in [4.78, 5) is 6.76. The van der Waals surface area contributed by atoms with Crippen molar-refractivity contribution in [2.24, 2.45) is 5.73 Å². The van der Waals surface area contributed by atoms with Crippen molar-refractivity contribution in [2.45, 2.75) is 25.8 Å². The first-order valence-corrected chi connectivity index (χ1v) is 7.42. The van der Waals surface area contributed by atoms with Crippen molar-refractivity contribution in [3.8, 4) is 17.1 Å². The van der Waals surface area contributed by atoms with Gasteiger partial charge in [0.2, 0.25) is 5.95 Å². The number of benzene rings is 1. The maximum atomic E-state index is 5.92. The third-order valence-electron chi connectivity index (χ3n) is 3.73. The zero-order chi connectivity index (χ0) is 14.7. The highest BCUT2D eigenvalue weighted by molar-refractivity contribution is 5.57. The van der Waals surface area contributed by atoms with Gasteiger partial charge in [-0.2, -0.15) is 4.98 Å². The molecule has 1 aliphatic rings. The Morgan fingerprint density at radius 1 is 1.29 bits per heavy atom. The van der Waals surface area contributed by atoms with Gasteiger partial charge in [0.1, 0.15) is 5.75 Å². The van der Waals surface area contributed by atoms with Crippen LogP contribution in [0.4, 0.5) is 5.95 Å². The van der Waals surface area contributed by atoms with Gasteiger partial charge in [-0.3, -0.25) is 5.10 Å². The van der Waals surface area contributed by atoms with E-state index in [1.54, 1.807) is 0 Å². The lowest BCUT2D eigenvalue weighted by atomic mass is 10.1. The van der Waals surface area contributed by atoms with Gasteiger partial charge in [0, 0.05) is 24.7 Å². The maximum Gasteiger partial charge on any atom is 0.245 e. The highest BCUT2D eigenvalue weighted by Crippen LogP contribution is 2.22. The second kappa shape index (κ2) is 6.13. The van der Waals surface area contributed by atoms with E-state index in [4.69, 9.17) is 10.5 Å². The Bertz CT molecular complexity index is 572. The summed E-state index contributed by atoms with van der Waals surface area (Å²) in [5, 5.41) is 7.32. The molecule has 3 N–H and O–H groups in total. The molecule has 0 spiro atoms. The average Bonchev–Trinajstić information content (AvgIpc) is 2.99. The zero-order valence-electron chi connectivity index (χ0n) is 12.2. The number of piperidine rings is 1. The van der Waals surface area contributed by atoms with Gasteiger partial charge in [-0.05, 0) is 44.0 Å². The second-order valence-electron chi connectivity index (χ2n) is 5.27. The van der Waals surface area contributed by atoms with E-state index >= 15 is 0 Å². The Balaban J connectivity index is 1.72. The predicted octanol–water partition coefficient (Wildman–Crippen LogP) is 1.80. The van der Waals surface area contributed by atoms with Crippen LogP contribution in [0.1, 0.15) is 19.8 Å². The number of anilines is 1. The molecule has 3 rings (SSSR count). The smallest absolute Gasteiger partial charge is 0.245 e. The molecule has 1 saturated heterocycles. The lowest BCUT2D eigenvalue weighted by Crippen LogP contribution is -2.40. The number of nitrogens with zero attached hydrogens (tertiary/aromatic N) is 3. The van der Waals surface area contributed by atoms with Crippen LogP contribution in [0.2, 0.25) is 0 Å². The molecule has 0 radical (unpaired) electrons. The monoisotopic (exact) mass is 287 g/mol. The minimum absolute atomic E-state index is 0.311. The second-order valence-corrected chi connectivity index (χ2v) is 5.27. The largest absolute Gasteiger partial charge is 0.494 e. The maximum absolute atomic E-state index is 5.92. The van der Waals surface area contributed by atoms with Crippen molar-refractivity contribution in [3.05, 3.63) is 24.3 Å². The number of hydrogen-bond acceptors (Lipinski definition) is 5. The van der Waals surface area contributed by atoms with Crippen molar-refractivity contribution in [2.75, 3.05) is 24.6 Å². The first kappa shape index (κ1) is 13.9. The molecule has 0 unspecified atom stereocenters. The number of aromatic amines is 1. The molecule has 0 amide bonds. The van der Waals surface area contributed by atoms with Crippen LogP contribution < -0.4 is 15.4 Å². The van der Waals surface area contributed by atoms with Gasteiger partial charge in [0.25, 0.3) is 0 Å². The van der Waals surface area contributed by atoms with Crippen molar-refractivity contribution < 1.29 is 4.74 Å². The standard InChI is InChI=1S/C15H21N5O/c1-2-21-13-5-3-11(4-6-13)14-17-15(19-18-14)20-9-7-12(16)8-10-20/h3-6,12H,2,7-10,16H2,1H3,(H,17,18,19). The highest BCUT2D eigenvalue weighted by atomic mass is 16.5. The number of aromatic nitrogens is 3. The van der Waals surface area contributed by atoms with E-state index in [1.807, 2.05) is 31.2 Å². The molecular formula is C15H21N5O. The molecule has 112 valence electrons. The van der Waals surface area contributed by atoms with Crippen LogP contribution in [-0.2, 0) is 0 Å². The van der Waals surface area contributed by atoms with Crippen molar-refractivity contribution in [1.82, 2.24) is 15.2 Å². The third-order valence-corrected chi connectivity index (χ3v) is 3.73. The molecule has 0 saturated carbocycles. The third kappa shape index (κ3) is 3.16. The van der Waals surface area contributed by atoms with Crippen LogP contribution in [0.3, 0.4) is 0 Å². The summed E-state index contributed by atoms with van der Waals surface area (Å²) in [5.74, 6) is 2.40. The predicted molar refractivity (Wildman–Crippen MR) is 82.4 cm³/mol. The quantitative estimate of drug-likeness (QED) is 0.896. The minimum Gasteiger partial charge on any atom is -0.494 e.